The van der Waals surface area contributed by atoms with E-state index >= 15 is 0 Å². The molecule has 0 fully saturated rings. The molecular weight excluding hydrogens is 278 g/mol. The lowest BCUT2D eigenvalue weighted by atomic mass is 10.1. The number of ether oxygens (including phenoxy) is 1. The van der Waals surface area contributed by atoms with Crippen molar-refractivity contribution in [2.45, 2.75) is 29.2 Å². The topological polar surface area (TPSA) is 12.5 Å². The fraction of sp³-hybridized carbons (Fsp3) is 0.333. The molecule has 0 N–H and O–H groups in total. The Hall–Kier alpha value is -1.45. The molecular formula is C18H23NOS. The lowest BCUT2D eigenvalue weighted by molar-refractivity contribution is 0.311. The SMILES string of the molecule is COc1ccccc1Sc1ccccc1CC(C)N(C)C. The lowest BCUT2D eigenvalue weighted by Crippen LogP contribution is -2.26. The zero-order chi connectivity index (χ0) is 15.2. The summed E-state index contributed by atoms with van der Waals surface area (Å²) in [4.78, 5) is 4.71. The Balaban J connectivity index is 2.24. The van der Waals surface area contributed by atoms with Gasteiger partial charge in [-0.05, 0) is 51.2 Å². The summed E-state index contributed by atoms with van der Waals surface area (Å²) in [5.41, 5.74) is 1.38. The number of rotatable bonds is 6. The minimum Gasteiger partial charge on any atom is -0.496 e. The number of nitrogens with zero attached hydrogens (tertiary/aromatic N) is 1. The Kier molecular flexibility index (Phi) is 5.71. The van der Waals surface area contributed by atoms with E-state index in [1.165, 1.54) is 10.5 Å². The molecule has 0 radical (unpaired) electrons. The van der Waals surface area contributed by atoms with Crippen LogP contribution in [0.5, 0.6) is 5.75 Å². The molecule has 21 heavy (non-hydrogen) atoms. The number of hydrogen-bond donors (Lipinski definition) is 0. The van der Waals surface area contributed by atoms with Crippen molar-refractivity contribution in [3.05, 3.63) is 54.1 Å². The average Bonchev–Trinajstić information content (AvgIpc) is 2.49. The third kappa shape index (κ3) is 4.26. The van der Waals surface area contributed by atoms with Crippen molar-refractivity contribution in [3.63, 3.8) is 0 Å². The van der Waals surface area contributed by atoms with E-state index < -0.39 is 0 Å². The fourth-order valence-electron chi connectivity index (χ4n) is 2.09. The summed E-state index contributed by atoms with van der Waals surface area (Å²) < 4.78 is 5.45. The summed E-state index contributed by atoms with van der Waals surface area (Å²) in [6, 6.07) is 17.3. The van der Waals surface area contributed by atoms with Gasteiger partial charge in [0, 0.05) is 10.9 Å². The van der Waals surface area contributed by atoms with Gasteiger partial charge in [0.2, 0.25) is 0 Å². The molecule has 0 amide bonds. The molecule has 0 spiro atoms. The Labute approximate surface area is 132 Å². The molecule has 0 aliphatic heterocycles. The molecule has 2 nitrogen and oxygen atoms in total. The van der Waals surface area contributed by atoms with Gasteiger partial charge < -0.3 is 9.64 Å². The van der Waals surface area contributed by atoms with Gasteiger partial charge in [-0.25, -0.2) is 0 Å². The smallest absolute Gasteiger partial charge is 0.132 e. The first-order chi connectivity index (χ1) is 10.1. The van der Waals surface area contributed by atoms with Crippen LogP contribution in [0.15, 0.2) is 58.3 Å². The molecule has 3 heteroatoms. The molecule has 0 heterocycles. The molecule has 2 aromatic carbocycles. The van der Waals surface area contributed by atoms with E-state index in [1.54, 1.807) is 18.9 Å². The minimum atomic E-state index is 0.518. The number of benzene rings is 2. The molecule has 1 unspecified atom stereocenters. The normalized spacial score (nSPS) is 12.4. The molecule has 0 aliphatic carbocycles. The van der Waals surface area contributed by atoms with Gasteiger partial charge in [-0.15, -0.1) is 0 Å². The second-order valence-corrected chi connectivity index (χ2v) is 6.46. The highest BCUT2D eigenvalue weighted by molar-refractivity contribution is 7.99. The second kappa shape index (κ2) is 7.53. The predicted molar refractivity (Wildman–Crippen MR) is 90.4 cm³/mol. The first kappa shape index (κ1) is 15.9. The molecule has 2 rings (SSSR count). The Morgan fingerprint density at radius 3 is 2.29 bits per heavy atom. The van der Waals surface area contributed by atoms with Gasteiger partial charge in [-0.3, -0.25) is 0 Å². The van der Waals surface area contributed by atoms with Crippen LogP contribution in [0.1, 0.15) is 12.5 Å². The van der Waals surface area contributed by atoms with Crippen molar-refractivity contribution in [1.82, 2.24) is 4.90 Å². The van der Waals surface area contributed by atoms with E-state index in [1.807, 2.05) is 12.1 Å². The van der Waals surface area contributed by atoms with Crippen LogP contribution in [-0.4, -0.2) is 32.1 Å². The quantitative estimate of drug-likeness (QED) is 0.787. The van der Waals surface area contributed by atoms with E-state index in [4.69, 9.17) is 4.74 Å². The molecule has 0 saturated carbocycles. The second-order valence-electron chi connectivity index (χ2n) is 5.38. The number of para-hydroxylation sites is 1. The van der Waals surface area contributed by atoms with Crippen molar-refractivity contribution in [3.8, 4) is 5.75 Å². The molecule has 1 atom stereocenters. The summed E-state index contributed by atoms with van der Waals surface area (Å²) >= 11 is 1.78. The number of likely N-dealkylation sites (N-methyl/N-ethyl adjacent to an activating group) is 1. The van der Waals surface area contributed by atoms with Gasteiger partial charge in [0.1, 0.15) is 5.75 Å². The van der Waals surface area contributed by atoms with E-state index in [9.17, 15) is 0 Å². The van der Waals surface area contributed by atoms with Crippen LogP contribution in [0.2, 0.25) is 0 Å². The molecule has 112 valence electrons. The summed E-state index contributed by atoms with van der Waals surface area (Å²) in [6.45, 7) is 2.25. The summed E-state index contributed by atoms with van der Waals surface area (Å²) in [5, 5.41) is 0. The van der Waals surface area contributed by atoms with E-state index in [0.29, 0.717) is 6.04 Å². The van der Waals surface area contributed by atoms with Crippen molar-refractivity contribution in [2.75, 3.05) is 21.2 Å². The standard InChI is InChI=1S/C18H23NOS/c1-14(19(2)3)13-15-9-5-7-11-17(15)21-18-12-8-6-10-16(18)20-4/h5-12,14H,13H2,1-4H3. The first-order valence-electron chi connectivity index (χ1n) is 7.17. The third-order valence-corrected chi connectivity index (χ3v) is 4.83. The zero-order valence-corrected chi connectivity index (χ0v) is 14.0. The largest absolute Gasteiger partial charge is 0.496 e. The van der Waals surface area contributed by atoms with Gasteiger partial charge in [0.15, 0.2) is 0 Å². The zero-order valence-electron chi connectivity index (χ0n) is 13.2. The van der Waals surface area contributed by atoms with Gasteiger partial charge in [-0.1, -0.05) is 42.1 Å². The van der Waals surface area contributed by atoms with Crippen LogP contribution in [0, 0.1) is 0 Å². The van der Waals surface area contributed by atoms with Gasteiger partial charge in [0.25, 0.3) is 0 Å². The summed E-state index contributed by atoms with van der Waals surface area (Å²) in [6.07, 6.45) is 1.05. The lowest BCUT2D eigenvalue weighted by Gasteiger charge is -2.21. The maximum atomic E-state index is 5.45. The van der Waals surface area contributed by atoms with Crippen molar-refractivity contribution >= 4 is 11.8 Å². The van der Waals surface area contributed by atoms with Crippen molar-refractivity contribution in [1.29, 1.82) is 0 Å². The highest BCUT2D eigenvalue weighted by Crippen LogP contribution is 2.36. The van der Waals surface area contributed by atoms with Crippen LogP contribution < -0.4 is 4.74 Å². The number of methoxy groups -OCH3 is 1. The average molecular weight is 301 g/mol. The van der Waals surface area contributed by atoms with E-state index in [-0.39, 0.29) is 0 Å². The minimum absolute atomic E-state index is 0.518. The molecule has 0 aliphatic rings. The molecule has 0 bridgehead atoms. The summed E-state index contributed by atoms with van der Waals surface area (Å²) in [7, 11) is 5.97. The van der Waals surface area contributed by atoms with Crippen LogP contribution >= 0.6 is 11.8 Å². The Bertz CT molecular complexity index is 583. The highest BCUT2D eigenvalue weighted by Gasteiger charge is 2.11. The number of hydrogen-bond acceptors (Lipinski definition) is 3. The predicted octanol–water partition coefficient (Wildman–Crippen LogP) is 4.34. The Morgan fingerprint density at radius 1 is 1.00 bits per heavy atom. The van der Waals surface area contributed by atoms with Crippen LogP contribution in [0.3, 0.4) is 0 Å². The highest BCUT2D eigenvalue weighted by atomic mass is 32.2. The molecule has 2 aromatic rings. The van der Waals surface area contributed by atoms with Crippen molar-refractivity contribution < 1.29 is 4.74 Å². The maximum Gasteiger partial charge on any atom is 0.132 e. The van der Waals surface area contributed by atoms with Crippen molar-refractivity contribution in [2.24, 2.45) is 0 Å². The third-order valence-electron chi connectivity index (χ3n) is 3.66. The van der Waals surface area contributed by atoms with Crippen LogP contribution in [0.4, 0.5) is 0 Å². The Morgan fingerprint density at radius 2 is 1.62 bits per heavy atom. The van der Waals surface area contributed by atoms with Gasteiger partial charge in [0.05, 0.1) is 12.0 Å². The van der Waals surface area contributed by atoms with Crippen LogP contribution in [-0.2, 0) is 6.42 Å². The van der Waals surface area contributed by atoms with Crippen LogP contribution in [0.25, 0.3) is 0 Å². The summed E-state index contributed by atoms with van der Waals surface area (Å²) in [5.74, 6) is 0.929. The molecule has 0 saturated heterocycles. The van der Waals surface area contributed by atoms with E-state index in [2.05, 4.69) is 62.3 Å². The fourth-order valence-corrected chi connectivity index (χ4v) is 3.16. The molecule has 0 aromatic heterocycles. The van der Waals surface area contributed by atoms with E-state index in [0.717, 1.165) is 17.1 Å². The van der Waals surface area contributed by atoms with Gasteiger partial charge >= 0.3 is 0 Å². The van der Waals surface area contributed by atoms with Gasteiger partial charge in [-0.2, -0.15) is 0 Å². The maximum absolute atomic E-state index is 5.45. The monoisotopic (exact) mass is 301 g/mol. The first-order valence-corrected chi connectivity index (χ1v) is 7.98.